The number of hydrogen-bond acceptors (Lipinski definition) is 3. The summed E-state index contributed by atoms with van der Waals surface area (Å²) < 4.78 is 7.58. The molecule has 1 aromatic heterocycles. The van der Waals surface area contributed by atoms with Gasteiger partial charge in [-0.1, -0.05) is 36.4 Å². The second-order valence-electron chi connectivity index (χ2n) is 7.74. The number of ether oxygens (including phenoxy) is 1. The molecule has 0 radical (unpaired) electrons. The van der Waals surface area contributed by atoms with Gasteiger partial charge >= 0.3 is 0 Å². The maximum Gasteiger partial charge on any atom is 0.266 e. The number of rotatable bonds is 6. The monoisotopic (exact) mass is 435 g/mol. The van der Waals surface area contributed by atoms with Gasteiger partial charge in [0.25, 0.3) is 5.91 Å². The third-order valence-corrected chi connectivity index (χ3v) is 5.57. The Labute approximate surface area is 193 Å². The summed E-state index contributed by atoms with van der Waals surface area (Å²) in [6.45, 7) is 6.51. The van der Waals surface area contributed by atoms with Gasteiger partial charge in [-0.2, -0.15) is 5.26 Å². The number of nitrogens with zero attached hydrogens (tertiary/aromatic N) is 2. The van der Waals surface area contributed by atoms with Gasteiger partial charge in [-0.15, -0.1) is 0 Å². The van der Waals surface area contributed by atoms with E-state index in [1.807, 2.05) is 51.1 Å². The molecular weight excluding hydrogens is 410 g/mol. The predicted molar refractivity (Wildman–Crippen MR) is 133 cm³/mol. The predicted octanol–water partition coefficient (Wildman–Crippen LogP) is 6.19. The summed E-state index contributed by atoms with van der Waals surface area (Å²) in [6, 6.07) is 25.6. The molecule has 4 rings (SSSR count). The van der Waals surface area contributed by atoms with E-state index in [0.717, 1.165) is 39.2 Å². The zero-order valence-electron chi connectivity index (χ0n) is 18.9. The number of anilines is 1. The lowest BCUT2D eigenvalue weighted by Crippen LogP contribution is -2.13. The first-order valence-electron chi connectivity index (χ1n) is 10.8. The van der Waals surface area contributed by atoms with Crippen molar-refractivity contribution < 1.29 is 9.53 Å². The average molecular weight is 436 g/mol. The number of carbonyl (C=O) groups is 1. The number of hydrogen-bond donors (Lipinski definition) is 1. The third-order valence-electron chi connectivity index (χ3n) is 5.57. The molecule has 5 heteroatoms. The van der Waals surface area contributed by atoms with Crippen LogP contribution in [-0.4, -0.2) is 17.1 Å². The number of nitrogens with one attached hydrogen (secondary N) is 1. The molecule has 0 atom stereocenters. The highest BCUT2D eigenvalue weighted by Gasteiger charge is 2.15. The summed E-state index contributed by atoms with van der Waals surface area (Å²) in [5, 5.41) is 14.8. The Balaban J connectivity index is 1.65. The van der Waals surface area contributed by atoms with Crippen molar-refractivity contribution in [1.29, 1.82) is 5.26 Å². The second-order valence-corrected chi connectivity index (χ2v) is 7.74. The number of benzene rings is 3. The van der Waals surface area contributed by atoms with Crippen molar-refractivity contribution >= 4 is 28.4 Å². The molecule has 0 aliphatic heterocycles. The number of aromatic nitrogens is 1. The molecule has 33 heavy (non-hydrogen) atoms. The van der Waals surface area contributed by atoms with E-state index in [-0.39, 0.29) is 5.57 Å². The number of nitriles is 1. The minimum Gasteiger partial charge on any atom is -0.494 e. The SMILES string of the molecule is CCOc1ccc(NC(=O)/C(C#N)=C\c2cc(C)n(-c3cccc4ccccc34)c2C)cc1. The maximum atomic E-state index is 12.8. The topological polar surface area (TPSA) is 67.0 Å². The molecule has 164 valence electrons. The molecule has 0 unspecified atom stereocenters. The molecule has 4 aromatic rings. The summed E-state index contributed by atoms with van der Waals surface area (Å²) in [5.74, 6) is 0.282. The maximum absolute atomic E-state index is 12.8. The van der Waals surface area contributed by atoms with E-state index in [0.29, 0.717) is 12.3 Å². The molecule has 0 saturated heterocycles. The molecule has 0 bridgehead atoms. The zero-order valence-corrected chi connectivity index (χ0v) is 18.9. The fourth-order valence-electron chi connectivity index (χ4n) is 4.01. The second kappa shape index (κ2) is 9.46. The molecule has 0 fully saturated rings. The van der Waals surface area contributed by atoms with Crippen LogP contribution in [0.1, 0.15) is 23.9 Å². The third kappa shape index (κ3) is 4.51. The van der Waals surface area contributed by atoms with Crippen molar-refractivity contribution in [2.75, 3.05) is 11.9 Å². The first kappa shape index (κ1) is 21.9. The number of fused-ring (bicyclic) bond motifs is 1. The Kier molecular flexibility index (Phi) is 6.28. The van der Waals surface area contributed by atoms with Crippen LogP contribution in [0.3, 0.4) is 0 Å². The quantitative estimate of drug-likeness (QED) is 0.290. The van der Waals surface area contributed by atoms with Crippen LogP contribution in [0.2, 0.25) is 0 Å². The van der Waals surface area contributed by atoms with Crippen molar-refractivity contribution in [2.45, 2.75) is 20.8 Å². The normalized spacial score (nSPS) is 11.3. The van der Waals surface area contributed by atoms with Crippen LogP contribution in [0.15, 0.2) is 78.4 Å². The Bertz CT molecular complexity index is 1380. The van der Waals surface area contributed by atoms with E-state index in [4.69, 9.17) is 4.74 Å². The van der Waals surface area contributed by atoms with Gasteiger partial charge in [0, 0.05) is 22.5 Å². The van der Waals surface area contributed by atoms with Crippen molar-refractivity contribution in [2.24, 2.45) is 0 Å². The van der Waals surface area contributed by atoms with E-state index in [1.54, 1.807) is 30.3 Å². The van der Waals surface area contributed by atoms with Crippen LogP contribution in [0.5, 0.6) is 5.75 Å². The first-order valence-corrected chi connectivity index (χ1v) is 10.8. The lowest BCUT2D eigenvalue weighted by molar-refractivity contribution is -0.112. The molecule has 0 aliphatic rings. The van der Waals surface area contributed by atoms with E-state index in [9.17, 15) is 10.1 Å². The van der Waals surface area contributed by atoms with Crippen molar-refractivity contribution in [1.82, 2.24) is 4.57 Å². The van der Waals surface area contributed by atoms with E-state index < -0.39 is 5.91 Å². The summed E-state index contributed by atoms with van der Waals surface area (Å²) in [4.78, 5) is 12.8. The highest BCUT2D eigenvalue weighted by Crippen LogP contribution is 2.28. The highest BCUT2D eigenvalue weighted by molar-refractivity contribution is 6.09. The molecule has 1 N–H and O–H groups in total. The van der Waals surface area contributed by atoms with Gasteiger partial charge in [0.2, 0.25) is 0 Å². The van der Waals surface area contributed by atoms with Crippen LogP contribution in [0.25, 0.3) is 22.5 Å². The zero-order chi connectivity index (χ0) is 23.4. The van der Waals surface area contributed by atoms with Crippen LogP contribution >= 0.6 is 0 Å². The Morgan fingerprint density at radius 3 is 2.52 bits per heavy atom. The molecule has 1 amide bonds. The number of carbonyl (C=O) groups excluding carboxylic acids is 1. The van der Waals surface area contributed by atoms with Crippen molar-refractivity contribution in [3.05, 3.63) is 95.3 Å². The van der Waals surface area contributed by atoms with Gasteiger partial charge in [-0.05, 0) is 74.2 Å². The molecule has 3 aromatic carbocycles. The van der Waals surface area contributed by atoms with Gasteiger partial charge < -0.3 is 14.6 Å². The van der Waals surface area contributed by atoms with Crippen LogP contribution < -0.4 is 10.1 Å². The molecule has 0 aliphatic carbocycles. The summed E-state index contributed by atoms with van der Waals surface area (Å²) in [7, 11) is 0. The fraction of sp³-hybridized carbons (Fsp3) is 0.143. The number of aryl methyl sites for hydroxylation is 1. The Hall–Kier alpha value is -4.30. The lowest BCUT2D eigenvalue weighted by Gasteiger charge is -2.13. The standard InChI is InChI=1S/C28H25N3O2/c1-4-33-25-14-12-24(13-15-25)30-28(32)23(18-29)17-22-16-19(2)31(20(22)3)27-11-7-9-21-8-5-6-10-26(21)27/h5-17H,4H2,1-3H3,(H,30,32)/b23-17-. The largest absolute Gasteiger partial charge is 0.494 e. The molecule has 1 heterocycles. The van der Waals surface area contributed by atoms with Crippen LogP contribution in [0, 0.1) is 25.2 Å². The summed E-state index contributed by atoms with van der Waals surface area (Å²) >= 11 is 0. The van der Waals surface area contributed by atoms with Crippen LogP contribution in [0.4, 0.5) is 5.69 Å². The minimum atomic E-state index is -0.448. The summed E-state index contributed by atoms with van der Waals surface area (Å²) in [5.41, 5.74) is 4.54. The van der Waals surface area contributed by atoms with Gasteiger partial charge in [0.15, 0.2) is 0 Å². The van der Waals surface area contributed by atoms with Crippen molar-refractivity contribution in [3.8, 4) is 17.5 Å². The lowest BCUT2D eigenvalue weighted by atomic mass is 10.1. The van der Waals surface area contributed by atoms with Crippen LogP contribution in [-0.2, 0) is 4.79 Å². The van der Waals surface area contributed by atoms with E-state index >= 15 is 0 Å². The van der Waals surface area contributed by atoms with Gasteiger partial charge in [-0.3, -0.25) is 4.79 Å². The summed E-state index contributed by atoms with van der Waals surface area (Å²) in [6.07, 6.45) is 1.65. The Morgan fingerprint density at radius 2 is 1.79 bits per heavy atom. The molecule has 0 spiro atoms. The van der Waals surface area contributed by atoms with E-state index in [2.05, 4.69) is 34.1 Å². The van der Waals surface area contributed by atoms with E-state index in [1.165, 1.54) is 0 Å². The van der Waals surface area contributed by atoms with Gasteiger partial charge in [0.05, 0.1) is 12.3 Å². The van der Waals surface area contributed by atoms with Crippen molar-refractivity contribution in [3.63, 3.8) is 0 Å². The first-order chi connectivity index (χ1) is 16.0. The van der Waals surface area contributed by atoms with Gasteiger partial charge in [-0.25, -0.2) is 0 Å². The highest BCUT2D eigenvalue weighted by atomic mass is 16.5. The fourth-order valence-corrected chi connectivity index (χ4v) is 4.01. The average Bonchev–Trinajstić information content (AvgIpc) is 3.11. The Morgan fingerprint density at radius 1 is 1.06 bits per heavy atom. The van der Waals surface area contributed by atoms with Gasteiger partial charge in [0.1, 0.15) is 17.4 Å². The minimum absolute atomic E-state index is 0.0436. The molecule has 0 saturated carbocycles. The molecule has 5 nitrogen and oxygen atoms in total. The smallest absolute Gasteiger partial charge is 0.266 e. The number of amides is 1. The molecular formula is C28H25N3O2.